The average Bonchev–Trinajstić information content (AvgIpc) is 2.29. The zero-order chi connectivity index (χ0) is 12.5. The van der Waals surface area contributed by atoms with Crippen LogP contribution >= 0.6 is 12.6 Å². The number of rotatable bonds is 2. The first-order valence-corrected chi connectivity index (χ1v) is 6.15. The van der Waals surface area contributed by atoms with Crippen LogP contribution in [0, 0.1) is 0 Å². The van der Waals surface area contributed by atoms with Crippen LogP contribution in [0.25, 0.3) is 0 Å². The number of aliphatic hydroxyl groups is 1. The van der Waals surface area contributed by atoms with Crippen molar-refractivity contribution in [2.75, 3.05) is 24.6 Å². The second-order valence-corrected chi connectivity index (χ2v) is 5.29. The van der Waals surface area contributed by atoms with Crippen molar-refractivity contribution in [1.29, 1.82) is 0 Å². The molecule has 0 aromatic carbocycles. The van der Waals surface area contributed by atoms with E-state index in [2.05, 4.69) is 22.5 Å². The summed E-state index contributed by atoms with van der Waals surface area (Å²) in [6, 6.07) is 3.86. The summed E-state index contributed by atoms with van der Waals surface area (Å²) in [5, 5.41) is 10.7. The van der Waals surface area contributed by atoms with Gasteiger partial charge in [-0.2, -0.15) is 0 Å². The Morgan fingerprint density at radius 2 is 2.29 bits per heavy atom. The third-order valence-electron chi connectivity index (χ3n) is 2.95. The summed E-state index contributed by atoms with van der Waals surface area (Å²) in [6.45, 7) is 5.67. The molecule has 0 radical (unpaired) electrons. The molecular formula is C12H18N2O2S. The van der Waals surface area contributed by atoms with Gasteiger partial charge in [0.15, 0.2) is 0 Å². The van der Waals surface area contributed by atoms with E-state index >= 15 is 0 Å². The molecule has 1 atom stereocenters. The van der Waals surface area contributed by atoms with E-state index < -0.39 is 5.60 Å². The van der Waals surface area contributed by atoms with Crippen molar-refractivity contribution in [3.63, 3.8) is 0 Å². The first kappa shape index (κ1) is 12.7. The summed E-state index contributed by atoms with van der Waals surface area (Å²) >= 11 is 4.16. The SMILES string of the molecule is CC(C)(O)[C@H]1CN(c2ccc(S)nc2)CCO1. The Bertz CT molecular complexity index is 375. The Morgan fingerprint density at radius 1 is 1.53 bits per heavy atom. The van der Waals surface area contributed by atoms with Gasteiger partial charge in [0.05, 0.1) is 29.1 Å². The first-order chi connectivity index (χ1) is 7.97. The molecule has 0 bridgehead atoms. The molecule has 0 saturated carbocycles. The summed E-state index contributed by atoms with van der Waals surface area (Å²) < 4.78 is 5.59. The van der Waals surface area contributed by atoms with Gasteiger partial charge in [-0.3, -0.25) is 0 Å². The highest BCUT2D eigenvalue weighted by Crippen LogP contribution is 2.22. The van der Waals surface area contributed by atoms with Crippen LogP contribution in [-0.2, 0) is 4.74 Å². The quantitative estimate of drug-likeness (QED) is 0.782. The molecule has 2 rings (SSSR count). The Labute approximate surface area is 107 Å². The molecule has 1 fully saturated rings. The van der Waals surface area contributed by atoms with Crippen LogP contribution < -0.4 is 4.90 Å². The van der Waals surface area contributed by atoms with Gasteiger partial charge in [0, 0.05) is 13.1 Å². The van der Waals surface area contributed by atoms with Gasteiger partial charge in [0.25, 0.3) is 0 Å². The molecule has 0 unspecified atom stereocenters. The lowest BCUT2D eigenvalue weighted by atomic mass is 10.00. The van der Waals surface area contributed by atoms with Gasteiger partial charge in [-0.15, -0.1) is 12.6 Å². The molecule has 2 heterocycles. The third kappa shape index (κ3) is 3.12. The summed E-state index contributed by atoms with van der Waals surface area (Å²) in [6.07, 6.45) is 1.63. The normalized spacial score (nSPS) is 21.6. The predicted octanol–water partition coefficient (Wildman–Crippen LogP) is 1.35. The molecule has 0 amide bonds. The van der Waals surface area contributed by atoms with E-state index in [-0.39, 0.29) is 6.10 Å². The van der Waals surface area contributed by atoms with Gasteiger partial charge in [-0.25, -0.2) is 4.98 Å². The van der Waals surface area contributed by atoms with E-state index in [4.69, 9.17) is 4.74 Å². The molecule has 17 heavy (non-hydrogen) atoms. The monoisotopic (exact) mass is 254 g/mol. The number of anilines is 1. The van der Waals surface area contributed by atoms with Gasteiger partial charge >= 0.3 is 0 Å². The minimum absolute atomic E-state index is 0.174. The molecular weight excluding hydrogens is 236 g/mol. The molecule has 4 nitrogen and oxygen atoms in total. The zero-order valence-corrected chi connectivity index (χ0v) is 11.0. The maximum absolute atomic E-state index is 9.97. The minimum atomic E-state index is -0.824. The fraction of sp³-hybridized carbons (Fsp3) is 0.583. The molecule has 1 aliphatic heterocycles. The number of ether oxygens (including phenoxy) is 1. The second-order valence-electron chi connectivity index (χ2n) is 4.83. The average molecular weight is 254 g/mol. The van der Waals surface area contributed by atoms with E-state index in [1.165, 1.54) is 0 Å². The van der Waals surface area contributed by atoms with Crippen LogP contribution in [0.3, 0.4) is 0 Å². The number of nitrogens with zero attached hydrogens (tertiary/aromatic N) is 2. The van der Waals surface area contributed by atoms with Crippen molar-refractivity contribution < 1.29 is 9.84 Å². The van der Waals surface area contributed by atoms with Crippen LogP contribution in [0.4, 0.5) is 5.69 Å². The smallest absolute Gasteiger partial charge is 0.103 e. The van der Waals surface area contributed by atoms with Gasteiger partial charge in [0.2, 0.25) is 0 Å². The Balaban J connectivity index is 2.09. The maximum Gasteiger partial charge on any atom is 0.103 e. The summed E-state index contributed by atoms with van der Waals surface area (Å²) in [7, 11) is 0. The van der Waals surface area contributed by atoms with E-state index in [1.54, 1.807) is 20.0 Å². The lowest BCUT2D eigenvalue weighted by molar-refractivity contribution is -0.0928. The number of hydrogen-bond donors (Lipinski definition) is 2. The zero-order valence-electron chi connectivity index (χ0n) is 10.1. The number of aromatic nitrogens is 1. The Kier molecular flexibility index (Phi) is 3.61. The van der Waals surface area contributed by atoms with Crippen molar-refractivity contribution in [1.82, 2.24) is 4.98 Å². The summed E-state index contributed by atoms with van der Waals surface area (Å²) in [5.74, 6) is 0. The van der Waals surface area contributed by atoms with Gasteiger partial charge in [-0.1, -0.05) is 0 Å². The van der Waals surface area contributed by atoms with Crippen molar-refractivity contribution in [2.45, 2.75) is 30.6 Å². The van der Waals surface area contributed by atoms with Crippen LogP contribution in [0.1, 0.15) is 13.8 Å². The van der Waals surface area contributed by atoms with Crippen molar-refractivity contribution >= 4 is 18.3 Å². The van der Waals surface area contributed by atoms with E-state index in [9.17, 15) is 5.11 Å². The highest BCUT2D eigenvalue weighted by molar-refractivity contribution is 7.80. The lowest BCUT2D eigenvalue weighted by Crippen LogP contribution is -2.52. The molecule has 1 aliphatic rings. The number of thiol groups is 1. The minimum Gasteiger partial charge on any atom is -0.388 e. The molecule has 0 spiro atoms. The van der Waals surface area contributed by atoms with Gasteiger partial charge < -0.3 is 14.7 Å². The topological polar surface area (TPSA) is 45.6 Å². The molecule has 1 N–H and O–H groups in total. The van der Waals surface area contributed by atoms with Crippen LogP contribution in [-0.4, -0.2) is 41.5 Å². The molecule has 5 heteroatoms. The summed E-state index contributed by atoms with van der Waals surface area (Å²) in [4.78, 5) is 6.33. The molecule has 1 aromatic heterocycles. The molecule has 1 aromatic rings. The van der Waals surface area contributed by atoms with Gasteiger partial charge in [0.1, 0.15) is 6.10 Å². The highest BCUT2D eigenvalue weighted by atomic mass is 32.1. The van der Waals surface area contributed by atoms with E-state index in [0.29, 0.717) is 18.2 Å². The van der Waals surface area contributed by atoms with E-state index in [0.717, 1.165) is 12.2 Å². The van der Waals surface area contributed by atoms with Crippen molar-refractivity contribution in [2.24, 2.45) is 0 Å². The maximum atomic E-state index is 9.97. The lowest BCUT2D eigenvalue weighted by Gasteiger charge is -2.39. The summed E-state index contributed by atoms with van der Waals surface area (Å²) in [5.41, 5.74) is 0.218. The number of pyridine rings is 1. The fourth-order valence-corrected chi connectivity index (χ4v) is 2.01. The second kappa shape index (κ2) is 4.84. The van der Waals surface area contributed by atoms with Crippen LogP contribution in [0.15, 0.2) is 23.4 Å². The predicted molar refractivity (Wildman–Crippen MR) is 69.7 cm³/mol. The Hall–Kier alpha value is -0.780. The first-order valence-electron chi connectivity index (χ1n) is 5.71. The standard InChI is InChI=1S/C12H18N2O2S/c1-12(2,15)10-8-14(5-6-16-10)9-3-4-11(17)13-7-9/h3-4,7,10,15H,5-6,8H2,1-2H3,(H,13,17)/t10-/m1/s1. The highest BCUT2D eigenvalue weighted by Gasteiger charge is 2.32. The molecule has 0 aliphatic carbocycles. The third-order valence-corrected chi connectivity index (χ3v) is 3.22. The van der Waals surface area contributed by atoms with E-state index in [1.807, 2.05) is 12.1 Å². The Morgan fingerprint density at radius 3 is 2.88 bits per heavy atom. The van der Waals surface area contributed by atoms with Gasteiger partial charge in [-0.05, 0) is 26.0 Å². The number of morpholine rings is 1. The van der Waals surface area contributed by atoms with Crippen molar-refractivity contribution in [3.8, 4) is 0 Å². The molecule has 1 saturated heterocycles. The van der Waals surface area contributed by atoms with Crippen LogP contribution in [0.2, 0.25) is 0 Å². The largest absolute Gasteiger partial charge is 0.388 e. The number of hydrogen-bond acceptors (Lipinski definition) is 5. The molecule has 94 valence electrons. The fourth-order valence-electron chi connectivity index (χ4n) is 1.88. The van der Waals surface area contributed by atoms with Crippen LogP contribution in [0.5, 0.6) is 0 Å². The van der Waals surface area contributed by atoms with Crippen molar-refractivity contribution in [3.05, 3.63) is 18.3 Å².